The number of carbonyl (C=O) groups is 1. The van der Waals surface area contributed by atoms with Gasteiger partial charge in [-0.1, -0.05) is 25.6 Å². The zero-order chi connectivity index (χ0) is 18.8. The van der Waals surface area contributed by atoms with Crippen LogP contribution in [-0.2, 0) is 17.6 Å². The van der Waals surface area contributed by atoms with E-state index in [0.29, 0.717) is 10.6 Å². The third-order valence-electron chi connectivity index (χ3n) is 5.01. The minimum absolute atomic E-state index is 0.00585. The van der Waals surface area contributed by atoms with Crippen molar-refractivity contribution >= 4 is 17.7 Å². The Bertz CT molecular complexity index is 775. The van der Waals surface area contributed by atoms with Crippen molar-refractivity contribution in [3.05, 3.63) is 22.4 Å². The van der Waals surface area contributed by atoms with Crippen LogP contribution in [0.25, 0.3) is 0 Å². The highest BCUT2D eigenvalue weighted by Crippen LogP contribution is 2.33. The van der Waals surface area contributed by atoms with Gasteiger partial charge in [-0.05, 0) is 57.1 Å². The van der Waals surface area contributed by atoms with E-state index in [1.807, 2.05) is 20.8 Å². The second-order valence-corrected chi connectivity index (χ2v) is 8.36. The lowest BCUT2D eigenvalue weighted by molar-refractivity contribution is -0.121. The third kappa shape index (κ3) is 3.80. The zero-order valence-corrected chi connectivity index (χ0v) is 16.3. The molecule has 0 aromatic carbocycles. The van der Waals surface area contributed by atoms with Gasteiger partial charge in [0, 0.05) is 5.69 Å². The first-order valence-corrected chi connectivity index (χ1v) is 9.43. The summed E-state index contributed by atoms with van der Waals surface area (Å²) in [6.07, 6.45) is 2.96. The maximum atomic E-state index is 12.6. The van der Waals surface area contributed by atoms with E-state index in [4.69, 9.17) is 0 Å². The summed E-state index contributed by atoms with van der Waals surface area (Å²) in [7, 11) is 0. The van der Waals surface area contributed by atoms with Crippen LogP contribution in [0.3, 0.4) is 0 Å². The molecule has 1 aromatic rings. The third-order valence-corrected chi connectivity index (χ3v) is 6.09. The first-order valence-electron chi connectivity index (χ1n) is 8.55. The van der Waals surface area contributed by atoms with Crippen LogP contribution in [0.2, 0.25) is 0 Å². The second-order valence-electron chi connectivity index (χ2n) is 7.03. The fourth-order valence-corrected chi connectivity index (χ4v) is 3.82. The van der Waals surface area contributed by atoms with Crippen molar-refractivity contribution in [2.24, 2.45) is 5.92 Å². The molecular formula is C19H24N4OS. The molecule has 2 rings (SSSR count). The Morgan fingerprint density at radius 2 is 2.00 bits per heavy atom. The molecule has 1 aromatic heterocycles. The quantitative estimate of drug-likeness (QED) is 0.818. The average molecular weight is 356 g/mol. The first-order chi connectivity index (χ1) is 11.7. The van der Waals surface area contributed by atoms with Gasteiger partial charge < -0.3 is 5.32 Å². The maximum Gasteiger partial charge on any atom is 0.234 e. The Kier molecular flexibility index (Phi) is 5.75. The summed E-state index contributed by atoms with van der Waals surface area (Å²) in [4.78, 5) is 17.2. The lowest BCUT2D eigenvalue weighted by Crippen LogP contribution is -2.51. The van der Waals surface area contributed by atoms with Crippen molar-refractivity contribution in [2.45, 2.75) is 69.7 Å². The molecule has 0 saturated heterocycles. The topological polar surface area (TPSA) is 89.6 Å². The van der Waals surface area contributed by atoms with Crippen LogP contribution in [0.1, 0.15) is 56.5 Å². The second kappa shape index (κ2) is 7.45. The Balaban J connectivity index is 2.23. The van der Waals surface area contributed by atoms with Gasteiger partial charge in [-0.25, -0.2) is 4.98 Å². The Hall–Kier alpha value is -2.05. The number of nitriles is 2. The van der Waals surface area contributed by atoms with Gasteiger partial charge in [0.1, 0.15) is 16.6 Å². The Morgan fingerprint density at radius 3 is 2.56 bits per heavy atom. The summed E-state index contributed by atoms with van der Waals surface area (Å²) in [6.45, 7) is 9.28. The molecule has 0 saturated carbocycles. The van der Waals surface area contributed by atoms with Crippen molar-refractivity contribution in [1.29, 1.82) is 10.5 Å². The normalized spacial score (nSPS) is 16.5. The predicted octanol–water partition coefficient (Wildman–Crippen LogP) is 3.29. The van der Waals surface area contributed by atoms with Gasteiger partial charge in [0.25, 0.3) is 0 Å². The molecule has 0 aliphatic heterocycles. The van der Waals surface area contributed by atoms with Crippen LogP contribution in [-0.4, -0.2) is 21.7 Å². The summed E-state index contributed by atoms with van der Waals surface area (Å²) in [5.74, 6) is -0.222. The summed E-state index contributed by atoms with van der Waals surface area (Å²) < 4.78 is 0. The minimum Gasteiger partial charge on any atom is -0.337 e. The van der Waals surface area contributed by atoms with Gasteiger partial charge in [-0.3, -0.25) is 4.79 Å². The van der Waals surface area contributed by atoms with Gasteiger partial charge in [-0.2, -0.15) is 10.5 Å². The summed E-state index contributed by atoms with van der Waals surface area (Å²) in [5, 5.41) is 21.9. The van der Waals surface area contributed by atoms with E-state index in [1.54, 1.807) is 13.8 Å². The molecule has 132 valence electrons. The molecule has 6 heteroatoms. The molecule has 2 unspecified atom stereocenters. The van der Waals surface area contributed by atoms with Gasteiger partial charge in [0.15, 0.2) is 0 Å². The lowest BCUT2D eigenvalue weighted by atomic mass is 9.90. The smallest absolute Gasteiger partial charge is 0.234 e. The van der Waals surface area contributed by atoms with Crippen LogP contribution < -0.4 is 5.32 Å². The molecule has 1 heterocycles. The highest BCUT2D eigenvalue weighted by Gasteiger charge is 2.32. The van der Waals surface area contributed by atoms with Crippen LogP contribution in [0.4, 0.5) is 0 Å². The van der Waals surface area contributed by atoms with Crippen LogP contribution >= 0.6 is 11.8 Å². The summed E-state index contributed by atoms with van der Waals surface area (Å²) in [5.41, 5.74) is 2.89. The molecule has 1 aliphatic carbocycles. The number of fused-ring (bicyclic) bond motifs is 1. The number of carbonyl (C=O) groups excluding carboxylic acids is 1. The summed E-state index contributed by atoms with van der Waals surface area (Å²) >= 11 is 1.29. The molecule has 5 nitrogen and oxygen atoms in total. The molecule has 0 bridgehead atoms. The Morgan fingerprint density at radius 1 is 1.32 bits per heavy atom. The van der Waals surface area contributed by atoms with Crippen LogP contribution in [0.5, 0.6) is 0 Å². The van der Waals surface area contributed by atoms with E-state index < -0.39 is 10.8 Å². The SMILES string of the molecule is Cc1c(C#N)c(SC(C)C(=O)NC(C)(C#N)C(C)C)nc2c1CCC2. The average Bonchev–Trinajstić information content (AvgIpc) is 3.03. The van der Waals surface area contributed by atoms with Crippen LogP contribution in [0.15, 0.2) is 5.03 Å². The molecule has 0 fully saturated rings. The molecule has 25 heavy (non-hydrogen) atoms. The standard InChI is InChI=1S/C19H24N4OS/c1-11(2)19(5,10-21)23-17(24)13(4)25-18-15(9-20)12(3)14-7-6-8-16(14)22-18/h11,13H,6-8H2,1-5H3,(H,23,24). The van der Waals surface area contributed by atoms with Crippen molar-refractivity contribution in [2.75, 3.05) is 0 Å². The minimum atomic E-state index is -0.911. The Labute approximate surface area is 153 Å². The van der Waals surface area contributed by atoms with E-state index in [9.17, 15) is 15.3 Å². The number of amides is 1. The number of nitrogens with one attached hydrogen (secondary N) is 1. The number of pyridine rings is 1. The van der Waals surface area contributed by atoms with Gasteiger partial charge in [0.05, 0.1) is 16.9 Å². The van der Waals surface area contributed by atoms with Crippen molar-refractivity contribution in [3.8, 4) is 12.1 Å². The number of hydrogen-bond acceptors (Lipinski definition) is 5. The zero-order valence-electron chi connectivity index (χ0n) is 15.4. The van der Waals surface area contributed by atoms with E-state index in [2.05, 4.69) is 22.4 Å². The van der Waals surface area contributed by atoms with Gasteiger partial charge >= 0.3 is 0 Å². The molecule has 1 amide bonds. The summed E-state index contributed by atoms with van der Waals surface area (Å²) in [6, 6.07) is 4.43. The molecule has 1 N–H and O–H groups in total. The number of hydrogen-bond donors (Lipinski definition) is 1. The van der Waals surface area contributed by atoms with Crippen molar-refractivity contribution < 1.29 is 4.79 Å². The number of aromatic nitrogens is 1. The molecule has 2 atom stereocenters. The first kappa shape index (κ1) is 19.3. The van der Waals surface area contributed by atoms with E-state index in [-0.39, 0.29) is 11.8 Å². The van der Waals surface area contributed by atoms with E-state index in [0.717, 1.165) is 30.5 Å². The van der Waals surface area contributed by atoms with Gasteiger partial charge in [0.2, 0.25) is 5.91 Å². The van der Waals surface area contributed by atoms with Crippen molar-refractivity contribution in [1.82, 2.24) is 10.3 Å². The van der Waals surface area contributed by atoms with Gasteiger partial charge in [-0.15, -0.1) is 0 Å². The fourth-order valence-electron chi connectivity index (χ4n) is 2.84. The maximum absolute atomic E-state index is 12.6. The number of rotatable bonds is 5. The molecular weight excluding hydrogens is 332 g/mol. The number of aryl methyl sites for hydroxylation is 1. The molecule has 0 spiro atoms. The van der Waals surface area contributed by atoms with E-state index in [1.165, 1.54) is 17.3 Å². The molecule has 0 radical (unpaired) electrons. The lowest BCUT2D eigenvalue weighted by Gasteiger charge is -2.28. The predicted molar refractivity (Wildman–Crippen MR) is 98.0 cm³/mol. The highest BCUT2D eigenvalue weighted by molar-refractivity contribution is 8.00. The number of thioether (sulfide) groups is 1. The van der Waals surface area contributed by atoms with Crippen LogP contribution in [0, 0.1) is 35.5 Å². The number of nitrogens with zero attached hydrogens (tertiary/aromatic N) is 3. The monoisotopic (exact) mass is 356 g/mol. The fraction of sp³-hybridized carbons (Fsp3) is 0.579. The highest BCUT2D eigenvalue weighted by atomic mass is 32.2. The van der Waals surface area contributed by atoms with Crippen molar-refractivity contribution in [3.63, 3.8) is 0 Å². The van der Waals surface area contributed by atoms with E-state index >= 15 is 0 Å². The largest absolute Gasteiger partial charge is 0.337 e. The molecule has 1 aliphatic rings.